The molecule has 1 amide bonds. The fourth-order valence-corrected chi connectivity index (χ4v) is 7.04. The molecule has 1 aliphatic heterocycles. The first kappa shape index (κ1) is 48.9. The van der Waals surface area contributed by atoms with E-state index in [0.29, 0.717) is 12.8 Å². The minimum Gasteiger partial charge on any atom is -0.394 e. The Hall–Kier alpha value is -1.07. The van der Waals surface area contributed by atoms with Gasteiger partial charge in [0.2, 0.25) is 5.91 Å². The minimum absolute atomic E-state index is 0.146. The zero-order valence-corrected chi connectivity index (χ0v) is 33.6. The van der Waals surface area contributed by atoms with E-state index >= 15 is 0 Å². The highest BCUT2D eigenvalue weighted by Gasteiger charge is 2.44. The summed E-state index contributed by atoms with van der Waals surface area (Å²) in [6, 6.07) is -0.728. The Morgan fingerprint density at radius 1 is 0.635 bits per heavy atom. The van der Waals surface area contributed by atoms with Gasteiger partial charge in [-0.1, -0.05) is 167 Å². The topological polar surface area (TPSA) is 149 Å². The lowest BCUT2D eigenvalue weighted by molar-refractivity contribution is -0.302. The first-order valence-corrected chi connectivity index (χ1v) is 21.9. The zero-order valence-electron chi connectivity index (χ0n) is 33.6. The number of aliphatic hydroxyl groups is 5. The largest absolute Gasteiger partial charge is 0.394 e. The maximum absolute atomic E-state index is 12.9. The molecule has 9 heteroatoms. The monoisotopic (exact) mass is 742 g/mol. The normalized spacial score (nSPS) is 21.9. The Balaban J connectivity index is 2.30. The van der Waals surface area contributed by atoms with Gasteiger partial charge in [-0.3, -0.25) is 4.79 Å². The van der Waals surface area contributed by atoms with Gasteiger partial charge in [0.1, 0.15) is 24.4 Å². The number of aliphatic hydroxyl groups excluding tert-OH is 5. The van der Waals surface area contributed by atoms with Crippen molar-refractivity contribution in [1.29, 1.82) is 0 Å². The first-order chi connectivity index (χ1) is 25.3. The lowest BCUT2D eigenvalue weighted by Crippen LogP contribution is -2.60. The van der Waals surface area contributed by atoms with Gasteiger partial charge in [-0.05, 0) is 38.5 Å². The Labute approximate surface area is 318 Å². The van der Waals surface area contributed by atoms with Gasteiger partial charge in [-0.25, -0.2) is 0 Å². The quantitative estimate of drug-likeness (QED) is 0.0277. The molecule has 0 radical (unpaired) electrons. The Morgan fingerprint density at radius 2 is 1.08 bits per heavy atom. The molecule has 0 aromatic rings. The molecule has 1 saturated heterocycles. The van der Waals surface area contributed by atoms with Gasteiger partial charge < -0.3 is 40.3 Å². The summed E-state index contributed by atoms with van der Waals surface area (Å²) in [4.78, 5) is 12.9. The standard InChI is InChI=1S/C43H83NO8/c1-3-5-7-9-11-13-15-16-17-18-19-20-21-22-23-25-27-29-31-33-39(47)44-36(35-51-43-42(50)41(49)40(48)38(34-45)52-43)37(46)32-30-28-26-24-14-12-10-8-6-4-2/h14,24,36-38,40-43,45-46,48-50H,3-13,15-23,25-35H2,1-2H3,(H,44,47)/b24-14+/t36-,37+,38-,40-,41?,42?,43-/m0/s1. The van der Waals surface area contributed by atoms with Crippen LogP contribution in [-0.2, 0) is 14.3 Å². The SMILES string of the molecule is CCCCCC/C=C/CCCC[C@@H](O)[C@H](CO[C@H]1O[C@@H](CO)[C@H](O)C(O)C1O)NC(=O)CCCCCCCCCCCCCCCCCCCCC. The van der Waals surface area contributed by atoms with Crippen molar-refractivity contribution in [3.8, 4) is 0 Å². The predicted octanol–water partition coefficient (Wildman–Crippen LogP) is 8.56. The van der Waals surface area contributed by atoms with E-state index in [9.17, 15) is 30.3 Å². The number of rotatable bonds is 36. The van der Waals surface area contributed by atoms with Gasteiger partial charge in [0.05, 0.1) is 25.4 Å². The van der Waals surface area contributed by atoms with E-state index in [1.54, 1.807) is 0 Å². The van der Waals surface area contributed by atoms with Crippen molar-refractivity contribution in [3.63, 3.8) is 0 Å². The van der Waals surface area contributed by atoms with E-state index in [1.165, 1.54) is 128 Å². The first-order valence-electron chi connectivity index (χ1n) is 21.9. The number of hydrogen-bond acceptors (Lipinski definition) is 8. The molecule has 0 aromatic heterocycles. The predicted molar refractivity (Wildman–Crippen MR) is 212 cm³/mol. The Bertz CT molecular complexity index is 827. The summed E-state index contributed by atoms with van der Waals surface area (Å²) in [7, 11) is 0. The lowest BCUT2D eigenvalue weighted by atomic mass is 9.99. The highest BCUT2D eigenvalue weighted by molar-refractivity contribution is 5.76. The van der Waals surface area contributed by atoms with Crippen LogP contribution in [0.15, 0.2) is 12.2 Å². The highest BCUT2D eigenvalue weighted by atomic mass is 16.7. The average molecular weight is 742 g/mol. The molecule has 0 spiro atoms. The fourth-order valence-electron chi connectivity index (χ4n) is 7.04. The van der Waals surface area contributed by atoms with Gasteiger partial charge in [0, 0.05) is 6.42 Å². The van der Waals surface area contributed by atoms with Crippen molar-refractivity contribution in [2.45, 2.75) is 243 Å². The van der Waals surface area contributed by atoms with E-state index in [2.05, 4.69) is 31.3 Å². The summed E-state index contributed by atoms with van der Waals surface area (Å²) in [5.41, 5.74) is 0. The van der Waals surface area contributed by atoms with E-state index in [-0.39, 0.29) is 12.5 Å². The molecule has 1 heterocycles. The molecule has 2 unspecified atom stereocenters. The second kappa shape index (κ2) is 34.4. The number of carbonyl (C=O) groups is 1. The van der Waals surface area contributed by atoms with Crippen LogP contribution in [0.4, 0.5) is 0 Å². The van der Waals surface area contributed by atoms with E-state index in [4.69, 9.17) is 9.47 Å². The second-order valence-electron chi connectivity index (χ2n) is 15.5. The Kier molecular flexibility index (Phi) is 32.4. The number of amides is 1. The van der Waals surface area contributed by atoms with E-state index in [0.717, 1.165) is 44.9 Å². The van der Waals surface area contributed by atoms with Gasteiger partial charge in [0.15, 0.2) is 6.29 Å². The van der Waals surface area contributed by atoms with Gasteiger partial charge in [0.25, 0.3) is 0 Å². The van der Waals surface area contributed by atoms with Crippen LogP contribution in [0, 0.1) is 0 Å². The molecule has 0 aromatic carbocycles. The van der Waals surface area contributed by atoms with Crippen LogP contribution in [0.1, 0.15) is 200 Å². The fraction of sp³-hybridized carbons (Fsp3) is 0.930. The number of allylic oxidation sites excluding steroid dienone is 2. The Morgan fingerprint density at radius 3 is 1.56 bits per heavy atom. The summed E-state index contributed by atoms with van der Waals surface area (Å²) in [6.45, 7) is 3.79. The molecule has 308 valence electrons. The van der Waals surface area contributed by atoms with Crippen molar-refractivity contribution in [2.24, 2.45) is 0 Å². The molecular weight excluding hydrogens is 658 g/mol. The molecule has 6 N–H and O–H groups in total. The van der Waals surface area contributed by atoms with Crippen molar-refractivity contribution in [3.05, 3.63) is 12.2 Å². The summed E-state index contributed by atoms with van der Waals surface area (Å²) in [5, 5.41) is 54.1. The number of unbranched alkanes of at least 4 members (excludes halogenated alkanes) is 24. The molecule has 1 fully saturated rings. The van der Waals surface area contributed by atoms with Crippen LogP contribution in [0.2, 0.25) is 0 Å². The molecular formula is C43H83NO8. The van der Waals surface area contributed by atoms with Crippen molar-refractivity contribution < 1.29 is 39.8 Å². The maximum atomic E-state index is 12.9. The third kappa shape index (κ3) is 25.1. The molecule has 9 nitrogen and oxygen atoms in total. The van der Waals surface area contributed by atoms with Crippen LogP contribution < -0.4 is 5.32 Å². The summed E-state index contributed by atoms with van der Waals surface area (Å²) in [6.07, 6.45) is 30.9. The minimum atomic E-state index is -1.55. The lowest BCUT2D eigenvalue weighted by Gasteiger charge is -2.40. The van der Waals surface area contributed by atoms with Gasteiger partial charge in [-0.15, -0.1) is 0 Å². The maximum Gasteiger partial charge on any atom is 0.220 e. The zero-order chi connectivity index (χ0) is 38.1. The number of ether oxygens (including phenoxy) is 2. The molecule has 0 bridgehead atoms. The van der Waals surface area contributed by atoms with E-state index in [1.807, 2.05) is 0 Å². The van der Waals surface area contributed by atoms with Crippen LogP contribution in [0.3, 0.4) is 0 Å². The van der Waals surface area contributed by atoms with Crippen LogP contribution in [0.5, 0.6) is 0 Å². The van der Waals surface area contributed by atoms with Gasteiger partial charge >= 0.3 is 0 Å². The number of carbonyl (C=O) groups excluding carboxylic acids is 1. The van der Waals surface area contributed by atoms with Crippen molar-refractivity contribution in [1.82, 2.24) is 5.32 Å². The number of hydrogen-bond donors (Lipinski definition) is 6. The number of nitrogens with one attached hydrogen (secondary N) is 1. The second-order valence-corrected chi connectivity index (χ2v) is 15.5. The van der Waals surface area contributed by atoms with Crippen LogP contribution in [-0.4, -0.2) is 87.5 Å². The average Bonchev–Trinajstić information content (AvgIpc) is 3.14. The highest BCUT2D eigenvalue weighted by Crippen LogP contribution is 2.23. The third-order valence-electron chi connectivity index (χ3n) is 10.6. The molecule has 0 saturated carbocycles. The summed E-state index contributed by atoms with van der Waals surface area (Å²) >= 11 is 0. The summed E-state index contributed by atoms with van der Waals surface area (Å²) < 4.78 is 11.2. The third-order valence-corrected chi connectivity index (χ3v) is 10.6. The van der Waals surface area contributed by atoms with Crippen LogP contribution in [0.25, 0.3) is 0 Å². The molecule has 1 aliphatic rings. The van der Waals surface area contributed by atoms with Crippen LogP contribution >= 0.6 is 0 Å². The molecule has 0 aliphatic carbocycles. The molecule has 1 rings (SSSR count). The smallest absolute Gasteiger partial charge is 0.220 e. The van der Waals surface area contributed by atoms with Crippen molar-refractivity contribution >= 4 is 5.91 Å². The van der Waals surface area contributed by atoms with Gasteiger partial charge in [-0.2, -0.15) is 0 Å². The van der Waals surface area contributed by atoms with E-state index < -0.39 is 49.5 Å². The molecule has 7 atom stereocenters. The molecule has 52 heavy (non-hydrogen) atoms. The van der Waals surface area contributed by atoms with Crippen molar-refractivity contribution in [2.75, 3.05) is 13.2 Å². The summed E-state index contributed by atoms with van der Waals surface area (Å²) in [5.74, 6) is -0.153.